The van der Waals surface area contributed by atoms with Crippen LogP contribution in [0.15, 0.2) is 0 Å². The van der Waals surface area contributed by atoms with Crippen LogP contribution in [0.4, 0.5) is 0 Å². The highest BCUT2D eigenvalue weighted by atomic mass is 32.2. The zero-order valence-corrected chi connectivity index (χ0v) is 8.73. The van der Waals surface area contributed by atoms with E-state index in [0.29, 0.717) is 6.42 Å². The van der Waals surface area contributed by atoms with Gasteiger partial charge in [-0.15, -0.1) is 0 Å². The predicted molar refractivity (Wildman–Crippen MR) is 50.1 cm³/mol. The van der Waals surface area contributed by atoms with Crippen LogP contribution >= 0.6 is 0 Å². The van der Waals surface area contributed by atoms with Crippen molar-refractivity contribution in [3.63, 3.8) is 0 Å². The summed E-state index contributed by atoms with van der Waals surface area (Å²) >= 11 is 0. The van der Waals surface area contributed by atoms with E-state index in [9.17, 15) is 13.2 Å². The normalized spacial score (nSPS) is 19.5. The monoisotopic (exact) mass is 205 g/mol. The number of carbonyl (C=O) groups is 1. The van der Waals surface area contributed by atoms with Gasteiger partial charge in [-0.2, -0.15) is 0 Å². The highest BCUT2D eigenvalue weighted by Gasteiger charge is 2.43. The third-order valence-corrected chi connectivity index (χ3v) is 5.04. The molecule has 0 radical (unpaired) electrons. The largest absolute Gasteiger partial charge is 0.358 e. The van der Waals surface area contributed by atoms with Gasteiger partial charge in [-0.1, -0.05) is 6.92 Å². The van der Waals surface area contributed by atoms with E-state index in [4.69, 9.17) is 0 Å². The Hall–Kier alpha value is -0.580. The molecule has 1 atom stereocenters. The van der Waals surface area contributed by atoms with Crippen molar-refractivity contribution in [3.05, 3.63) is 0 Å². The van der Waals surface area contributed by atoms with Crippen molar-refractivity contribution in [2.45, 2.75) is 36.7 Å². The van der Waals surface area contributed by atoms with E-state index in [2.05, 4.69) is 5.32 Å². The van der Waals surface area contributed by atoms with Crippen molar-refractivity contribution < 1.29 is 13.2 Å². The zero-order valence-electron chi connectivity index (χ0n) is 7.91. The number of hydrogen-bond acceptors (Lipinski definition) is 3. The summed E-state index contributed by atoms with van der Waals surface area (Å²) < 4.78 is 23.3. The Kier molecular flexibility index (Phi) is 2.95. The average Bonchev–Trinajstić information content (AvgIpc) is 2.86. The second-order valence-corrected chi connectivity index (χ2v) is 5.71. The lowest BCUT2D eigenvalue weighted by Gasteiger charge is -2.13. The minimum absolute atomic E-state index is 0.255. The molecule has 4 nitrogen and oxygen atoms in total. The SMILES string of the molecule is CCC(C(=O)NC)S(=O)(=O)C1CC1. The van der Waals surface area contributed by atoms with Crippen molar-refractivity contribution in [1.29, 1.82) is 0 Å². The van der Waals surface area contributed by atoms with Gasteiger partial charge < -0.3 is 5.32 Å². The molecule has 1 aliphatic carbocycles. The van der Waals surface area contributed by atoms with Crippen LogP contribution in [-0.2, 0) is 14.6 Å². The van der Waals surface area contributed by atoms with Crippen LogP contribution in [0.3, 0.4) is 0 Å². The molecule has 1 N–H and O–H groups in total. The standard InChI is InChI=1S/C8H15NO3S/c1-3-7(8(10)9-2)13(11,12)6-4-5-6/h6-7H,3-5H2,1-2H3,(H,9,10). The third kappa shape index (κ3) is 2.02. The fraction of sp³-hybridized carbons (Fsp3) is 0.875. The minimum atomic E-state index is -3.20. The molecular formula is C8H15NO3S. The first-order chi connectivity index (χ1) is 6.04. The second kappa shape index (κ2) is 3.65. The van der Waals surface area contributed by atoms with Crippen LogP contribution in [0, 0.1) is 0 Å². The summed E-state index contributed by atoms with van der Waals surface area (Å²) in [6.45, 7) is 1.72. The molecule has 1 rings (SSSR count). The summed E-state index contributed by atoms with van der Waals surface area (Å²) in [6, 6.07) is 0. The summed E-state index contributed by atoms with van der Waals surface area (Å²) in [5.74, 6) is -0.380. The van der Waals surface area contributed by atoms with E-state index in [0.717, 1.165) is 12.8 Å². The maximum Gasteiger partial charge on any atom is 0.238 e. The maximum atomic E-state index is 11.7. The van der Waals surface area contributed by atoms with Gasteiger partial charge in [-0.3, -0.25) is 4.79 Å². The zero-order chi connectivity index (χ0) is 10.1. The molecule has 1 amide bonds. The van der Waals surface area contributed by atoms with Gasteiger partial charge in [0.05, 0.1) is 5.25 Å². The van der Waals surface area contributed by atoms with Crippen molar-refractivity contribution in [1.82, 2.24) is 5.32 Å². The molecule has 1 saturated carbocycles. The first-order valence-corrected chi connectivity index (χ1v) is 6.09. The minimum Gasteiger partial charge on any atom is -0.358 e. The third-order valence-electron chi connectivity index (χ3n) is 2.30. The molecule has 1 fully saturated rings. The van der Waals surface area contributed by atoms with Crippen LogP contribution in [-0.4, -0.2) is 31.9 Å². The number of amides is 1. The number of rotatable bonds is 4. The smallest absolute Gasteiger partial charge is 0.238 e. The summed E-state index contributed by atoms with van der Waals surface area (Å²) in [5, 5.41) is 1.29. The van der Waals surface area contributed by atoms with Crippen LogP contribution < -0.4 is 5.32 Å². The summed E-state index contributed by atoms with van der Waals surface area (Å²) in [5.41, 5.74) is 0. The molecule has 1 aliphatic rings. The molecule has 0 aromatic heterocycles. The topological polar surface area (TPSA) is 63.2 Å². The van der Waals surface area contributed by atoms with Gasteiger partial charge in [0.1, 0.15) is 5.25 Å². The van der Waals surface area contributed by atoms with Crippen molar-refractivity contribution in [3.8, 4) is 0 Å². The Morgan fingerprint density at radius 2 is 2.08 bits per heavy atom. The van der Waals surface area contributed by atoms with Crippen LogP contribution in [0.5, 0.6) is 0 Å². The van der Waals surface area contributed by atoms with Gasteiger partial charge in [-0.05, 0) is 19.3 Å². The highest BCUT2D eigenvalue weighted by Crippen LogP contribution is 2.32. The number of nitrogens with one attached hydrogen (secondary N) is 1. The Morgan fingerprint density at radius 1 is 1.54 bits per heavy atom. The lowest BCUT2D eigenvalue weighted by atomic mass is 10.3. The van der Waals surface area contributed by atoms with E-state index >= 15 is 0 Å². The molecule has 0 saturated heterocycles. The van der Waals surface area contributed by atoms with E-state index in [-0.39, 0.29) is 11.2 Å². The van der Waals surface area contributed by atoms with Crippen LogP contribution in [0.2, 0.25) is 0 Å². The second-order valence-electron chi connectivity index (χ2n) is 3.30. The van der Waals surface area contributed by atoms with Gasteiger partial charge in [0.2, 0.25) is 5.91 Å². The predicted octanol–water partition coefficient (Wildman–Crippen LogP) is 0.0882. The van der Waals surface area contributed by atoms with Gasteiger partial charge in [0, 0.05) is 7.05 Å². The van der Waals surface area contributed by atoms with Crippen LogP contribution in [0.25, 0.3) is 0 Å². The maximum absolute atomic E-state index is 11.7. The molecule has 0 spiro atoms. The van der Waals surface area contributed by atoms with Gasteiger partial charge in [0.25, 0.3) is 0 Å². The van der Waals surface area contributed by atoms with E-state index in [1.54, 1.807) is 6.92 Å². The number of carbonyl (C=O) groups excluding carboxylic acids is 1. The van der Waals surface area contributed by atoms with Gasteiger partial charge in [-0.25, -0.2) is 8.42 Å². The summed E-state index contributed by atoms with van der Waals surface area (Å²) in [7, 11) is -1.74. The van der Waals surface area contributed by atoms with E-state index < -0.39 is 15.1 Å². The van der Waals surface area contributed by atoms with E-state index in [1.165, 1.54) is 7.05 Å². The Morgan fingerprint density at radius 3 is 2.38 bits per heavy atom. The Labute approximate surface area is 78.6 Å². The molecule has 0 aromatic carbocycles. The molecule has 0 bridgehead atoms. The fourth-order valence-electron chi connectivity index (χ4n) is 1.36. The number of sulfone groups is 1. The van der Waals surface area contributed by atoms with Crippen molar-refractivity contribution >= 4 is 15.7 Å². The lowest BCUT2D eigenvalue weighted by molar-refractivity contribution is -0.120. The quantitative estimate of drug-likeness (QED) is 0.707. The molecule has 13 heavy (non-hydrogen) atoms. The lowest BCUT2D eigenvalue weighted by Crippen LogP contribution is -2.39. The number of hydrogen-bond donors (Lipinski definition) is 1. The summed E-state index contributed by atoms with van der Waals surface area (Å²) in [6.07, 6.45) is 1.80. The molecule has 0 heterocycles. The first-order valence-electron chi connectivity index (χ1n) is 4.48. The van der Waals surface area contributed by atoms with Gasteiger partial charge >= 0.3 is 0 Å². The van der Waals surface area contributed by atoms with Crippen molar-refractivity contribution in [2.75, 3.05) is 7.05 Å². The Balaban J connectivity index is 2.81. The molecule has 1 unspecified atom stereocenters. The molecule has 0 aliphatic heterocycles. The molecular weight excluding hydrogens is 190 g/mol. The van der Waals surface area contributed by atoms with Crippen LogP contribution in [0.1, 0.15) is 26.2 Å². The first kappa shape index (κ1) is 10.5. The average molecular weight is 205 g/mol. The fourth-order valence-corrected chi connectivity index (χ4v) is 3.50. The molecule has 5 heteroatoms. The molecule has 0 aromatic rings. The van der Waals surface area contributed by atoms with Gasteiger partial charge in [0.15, 0.2) is 9.84 Å². The molecule has 76 valence electrons. The summed E-state index contributed by atoms with van der Waals surface area (Å²) in [4.78, 5) is 11.2. The van der Waals surface area contributed by atoms with E-state index in [1.807, 2.05) is 0 Å². The van der Waals surface area contributed by atoms with Crippen molar-refractivity contribution in [2.24, 2.45) is 0 Å². The Bertz CT molecular complexity index is 293. The highest BCUT2D eigenvalue weighted by molar-refractivity contribution is 7.93.